The SMILES string of the molecule is CN(Cc1nc2ccccc2o1)C[C@@H]1CCc2nc(C(F)(F)F)cn2C1. The molecular formula is C18H19F3N4O. The second-order valence-corrected chi connectivity index (χ2v) is 6.87. The van der Waals surface area contributed by atoms with Gasteiger partial charge in [-0.05, 0) is 31.5 Å². The van der Waals surface area contributed by atoms with Crippen LogP contribution in [0, 0.1) is 5.92 Å². The molecule has 2 aromatic heterocycles. The molecule has 8 heteroatoms. The molecule has 0 fully saturated rings. The lowest BCUT2D eigenvalue weighted by atomic mass is 9.99. The summed E-state index contributed by atoms with van der Waals surface area (Å²) in [6.07, 6.45) is -1.87. The van der Waals surface area contributed by atoms with Crippen molar-refractivity contribution >= 4 is 11.1 Å². The molecule has 0 spiro atoms. The van der Waals surface area contributed by atoms with E-state index in [0.29, 0.717) is 31.2 Å². The molecule has 4 rings (SSSR count). The predicted octanol–water partition coefficient (Wildman–Crippen LogP) is 3.74. The van der Waals surface area contributed by atoms with Crippen molar-refractivity contribution in [3.63, 3.8) is 0 Å². The van der Waals surface area contributed by atoms with E-state index >= 15 is 0 Å². The van der Waals surface area contributed by atoms with E-state index in [1.165, 1.54) is 0 Å². The first kappa shape index (κ1) is 17.1. The topological polar surface area (TPSA) is 47.1 Å². The van der Waals surface area contributed by atoms with E-state index in [2.05, 4.69) is 14.9 Å². The number of alkyl halides is 3. The molecule has 0 bridgehead atoms. The zero-order valence-corrected chi connectivity index (χ0v) is 14.3. The van der Waals surface area contributed by atoms with Crippen molar-refractivity contribution < 1.29 is 17.6 Å². The van der Waals surface area contributed by atoms with Crippen molar-refractivity contribution in [2.75, 3.05) is 13.6 Å². The summed E-state index contributed by atoms with van der Waals surface area (Å²) in [4.78, 5) is 10.3. The van der Waals surface area contributed by atoms with E-state index in [9.17, 15) is 13.2 Å². The first-order chi connectivity index (χ1) is 12.4. The lowest BCUT2D eigenvalue weighted by Crippen LogP contribution is -2.31. The minimum Gasteiger partial charge on any atom is -0.439 e. The molecule has 0 amide bonds. The maximum absolute atomic E-state index is 12.8. The van der Waals surface area contributed by atoms with E-state index in [1.54, 1.807) is 4.57 Å². The molecule has 0 saturated heterocycles. The Morgan fingerprint density at radius 3 is 2.85 bits per heavy atom. The smallest absolute Gasteiger partial charge is 0.434 e. The van der Waals surface area contributed by atoms with Crippen LogP contribution in [0.15, 0.2) is 34.9 Å². The van der Waals surface area contributed by atoms with Crippen molar-refractivity contribution in [1.29, 1.82) is 0 Å². The molecule has 0 N–H and O–H groups in total. The Balaban J connectivity index is 1.39. The highest BCUT2D eigenvalue weighted by atomic mass is 19.4. The van der Waals surface area contributed by atoms with Crippen LogP contribution in [-0.4, -0.2) is 33.0 Å². The molecule has 0 aliphatic carbocycles. The Labute approximate surface area is 148 Å². The van der Waals surface area contributed by atoms with Crippen LogP contribution >= 0.6 is 0 Å². The zero-order valence-electron chi connectivity index (χ0n) is 14.3. The molecule has 1 aliphatic rings. The number of aryl methyl sites for hydroxylation is 1. The van der Waals surface area contributed by atoms with E-state index in [1.807, 2.05) is 31.3 Å². The van der Waals surface area contributed by atoms with Gasteiger partial charge >= 0.3 is 6.18 Å². The van der Waals surface area contributed by atoms with Crippen molar-refractivity contribution in [2.24, 2.45) is 5.92 Å². The van der Waals surface area contributed by atoms with Gasteiger partial charge in [-0.15, -0.1) is 0 Å². The summed E-state index contributed by atoms with van der Waals surface area (Å²) in [6.45, 7) is 1.88. The van der Waals surface area contributed by atoms with Crippen LogP contribution in [0.1, 0.15) is 23.8 Å². The lowest BCUT2D eigenvalue weighted by molar-refractivity contribution is -0.141. The van der Waals surface area contributed by atoms with E-state index in [0.717, 1.165) is 30.3 Å². The summed E-state index contributed by atoms with van der Waals surface area (Å²) < 4.78 is 45.8. The van der Waals surface area contributed by atoms with Gasteiger partial charge < -0.3 is 8.98 Å². The van der Waals surface area contributed by atoms with Crippen LogP contribution in [0.2, 0.25) is 0 Å². The van der Waals surface area contributed by atoms with Crippen LogP contribution in [-0.2, 0) is 25.7 Å². The molecule has 1 aromatic carbocycles. The van der Waals surface area contributed by atoms with Gasteiger partial charge in [-0.25, -0.2) is 9.97 Å². The summed E-state index contributed by atoms with van der Waals surface area (Å²) in [5, 5.41) is 0. The number of halogens is 3. The molecule has 1 aliphatic heterocycles. The molecular weight excluding hydrogens is 345 g/mol. The first-order valence-electron chi connectivity index (χ1n) is 8.55. The normalized spacial score (nSPS) is 17.8. The van der Waals surface area contributed by atoms with Gasteiger partial charge in [0.15, 0.2) is 11.3 Å². The van der Waals surface area contributed by atoms with Crippen LogP contribution in [0.5, 0.6) is 0 Å². The number of benzene rings is 1. The minimum absolute atomic E-state index is 0.271. The van der Waals surface area contributed by atoms with Crippen molar-refractivity contribution in [3.05, 3.63) is 47.9 Å². The maximum atomic E-state index is 12.8. The summed E-state index contributed by atoms with van der Waals surface area (Å²) in [7, 11) is 1.97. The summed E-state index contributed by atoms with van der Waals surface area (Å²) >= 11 is 0. The molecule has 5 nitrogen and oxygen atoms in total. The first-order valence-corrected chi connectivity index (χ1v) is 8.55. The fourth-order valence-electron chi connectivity index (χ4n) is 3.52. The number of nitrogens with zero attached hydrogens (tertiary/aromatic N) is 4. The van der Waals surface area contributed by atoms with Crippen LogP contribution < -0.4 is 0 Å². The Bertz CT molecular complexity index is 882. The number of fused-ring (bicyclic) bond motifs is 2. The lowest BCUT2D eigenvalue weighted by Gasteiger charge is -2.27. The number of hydrogen-bond donors (Lipinski definition) is 0. The third kappa shape index (κ3) is 3.46. The van der Waals surface area contributed by atoms with Gasteiger partial charge in [-0.2, -0.15) is 13.2 Å². The van der Waals surface area contributed by atoms with Crippen LogP contribution in [0.25, 0.3) is 11.1 Å². The Kier molecular flexibility index (Phi) is 4.22. The molecule has 3 aromatic rings. The number of para-hydroxylation sites is 2. The molecule has 138 valence electrons. The fourth-order valence-corrected chi connectivity index (χ4v) is 3.52. The number of oxazole rings is 1. The monoisotopic (exact) mass is 364 g/mol. The molecule has 1 atom stereocenters. The van der Waals surface area contributed by atoms with E-state index < -0.39 is 11.9 Å². The van der Waals surface area contributed by atoms with Gasteiger partial charge in [0, 0.05) is 25.7 Å². The standard InChI is InChI=1S/C18H19F3N4O/c1-24(11-17-22-13-4-2-3-5-14(13)26-17)8-12-6-7-16-23-15(18(19,20)21)10-25(16)9-12/h2-5,10,12H,6-9,11H2,1H3/t12-/m0/s1. The zero-order chi connectivity index (χ0) is 18.3. The van der Waals surface area contributed by atoms with Crippen molar-refractivity contribution in [2.45, 2.75) is 32.1 Å². The van der Waals surface area contributed by atoms with E-state index in [-0.39, 0.29) is 5.92 Å². The molecule has 3 heterocycles. The van der Waals surface area contributed by atoms with Crippen molar-refractivity contribution in [1.82, 2.24) is 19.4 Å². The van der Waals surface area contributed by atoms with Gasteiger partial charge in [0.2, 0.25) is 5.89 Å². The second-order valence-electron chi connectivity index (χ2n) is 6.87. The van der Waals surface area contributed by atoms with Gasteiger partial charge in [-0.1, -0.05) is 12.1 Å². The molecule has 0 radical (unpaired) electrons. The highest BCUT2D eigenvalue weighted by Crippen LogP contribution is 2.31. The second kappa shape index (κ2) is 6.42. The molecule has 0 saturated carbocycles. The van der Waals surface area contributed by atoms with Gasteiger partial charge in [0.05, 0.1) is 6.54 Å². The fraction of sp³-hybridized carbons (Fsp3) is 0.444. The third-order valence-corrected chi connectivity index (χ3v) is 4.69. The minimum atomic E-state index is -4.39. The predicted molar refractivity (Wildman–Crippen MR) is 89.4 cm³/mol. The average molecular weight is 364 g/mol. The average Bonchev–Trinajstić information content (AvgIpc) is 3.16. The van der Waals surface area contributed by atoms with Crippen LogP contribution in [0.3, 0.4) is 0 Å². The van der Waals surface area contributed by atoms with Gasteiger partial charge in [-0.3, -0.25) is 4.90 Å². The largest absolute Gasteiger partial charge is 0.439 e. The highest BCUT2D eigenvalue weighted by molar-refractivity contribution is 5.72. The number of imidazole rings is 1. The van der Waals surface area contributed by atoms with Crippen LogP contribution in [0.4, 0.5) is 13.2 Å². The summed E-state index contributed by atoms with van der Waals surface area (Å²) in [6, 6.07) is 7.60. The highest BCUT2D eigenvalue weighted by Gasteiger charge is 2.35. The Hall–Kier alpha value is -2.35. The number of aromatic nitrogens is 3. The summed E-state index contributed by atoms with van der Waals surface area (Å²) in [5.41, 5.74) is 0.792. The quantitative estimate of drug-likeness (QED) is 0.708. The van der Waals surface area contributed by atoms with Gasteiger partial charge in [0.25, 0.3) is 0 Å². The van der Waals surface area contributed by atoms with Crippen molar-refractivity contribution in [3.8, 4) is 0 Å². The third-order valence-electron chi connectivity index (χ3n) is 4.69. The van der Waals surface area contributed by atoms with Gasteiger partial charge in [0.1, 0.15) is 11.3 Å². The Morgan fingerprint density at radius 1 is 1.27 bits per heavy atom. The van der Waals surface area contributed by atoms with E-state index in [4.69, 9.17) is 4.42 Å². The molecule has 0 unspecified atom stereocenters. The summed E-state index contributed by atoms with van der Waals surface area (Å²) in [5.74, 6) is 1.44. The number of hydrogen-bond acceptors (Lipinski definition) is 4. The Morgan fingerprint density at radius 2 is 2.08 bits per heavy atom. The molecule has 26 heavy (non-hydrogen) atoms. The number of rotatable bonds is 4. The maximum Gasteiger partial charge on any atom is 0.434 e.